The lowest BCUT2D eigenvalue weighted by atomic mass is 10.1. The van der Waals surface area contributed by atoms with Crippen molar-refractivity contribution in [3.8, 4) is 0 Å². The van der Waals surface area contributed by atoms with Crippen molar-refractivity contribution in [1.82, 2.24) is 0 Å². The molecule has 0 nitrogen and oxygen atoms in total. The fraction of sp³-hybridized carbons (Fsp3) is 0.667. The minimum absolute atomic E-state index is 0.423. The van der Waals surface area contributed by atoms with Crippen LogP contribution in [0.5, 0.6) is 0 Å². The molecule has 0 aromatic heterocycles. The maximum Gasteiger partial charge on any atom is 0.0321 e. The zero-order chi connectivity index (χ0) is 5.98. The summed E-state index contributed by atoms with van der Waals surface area (Å²) in [4.78, 5) is 1.15. The van der Waals surface area contributed by atoms with Gasteiger partial charge in [0, 0.05) is 5.25 Å². The van der Waals surface area contributed by atoms with Crippen LogP contribution in [-0.4, -0.2) is 5.25 Å². The number of rotatable bonds is 0. The van der Waals surface area contributed by atoms with Crippen molar-refractivity contribution in [2.24, 2.45) is 0 Å². The van der Waals surface area contributed by atoms with Crippen LogP contribution < -0.4 is 0 Å². The molecule has 0 N–H and O–H groups in total. The number of allylic oxidation sites excluding steroid dienone is 1. The summed E-state index contributed by atoms with van der Waals surface area (Å²) >= 11 is 8.55. The highest BCUT2D eigenvalue weighted by molar-refractivity contribution is 7.88. The van der Waals surface area contributed by atoms with E-state index in [1.807, 2.05) is 0 Å². The van der Waals surface area contributed by atoms with E-state index in [4.69, 9.17) is 0 Å². The van der Waals surface area contributed by atoms with Crippen LogP contribution in [0, 0.1) is 0 Å². The molecule has 46 valence electrons. The smallest absolute Gasteiger partial charge is 0.0321 e. The van der Waals surface area contributed by atoms with Gasteiger partial charge in [-0.15, -0.1) is 12.6 Å². The van der Waals surface area contributed by atoms with Crippen molar-refractivity contribution in [3.63, 3.8) is 0 Å². The molecule has 0 radical (unpaired) electrons. The van der Waals surface area contributed by atoms with Gasteiger partial charge in [0.15, 0.2) is 0 Å². The summed E-state index contributed by atoms with van der Waals surface area (Å²) in [5, 5.41) is 0.423. The first-order valence-electron chi connectivity index (χ1n) is 2.88. The Hall–Kier alpha value is 0.440. The largest absolute Gasteiger partial charge is 0.171 e. The molecular formula is C6H10S2. The summed E-state index contributed by atoms with van der Waals surface area (Å²) in [5.41, 5.74) is 0. The predicted octanol–water partition coefficient (Wildman–Crippen LogP) is 2.28. The first kappa shape index (κ1) is 6.56. The second-order valence-electron chi connectivity index (χ2n) is 2.08. The Bertz CT molecular complexity index is 107. The van der Waals surface area contributed by atoms with E-state index < -0.39 is 0 Å². The van der Waals surface area contributed by atoms with E-state index in [0.29, 0.717) is 5.25 Å². The first-order valence-corrected chi connectivity index (χ1v) is 3.84. The second kappa shape index (κ2) is 2.83. The molecule has 1 rings (SSSR count). The summed E-state index contributed by atoms with van der Waals surface area (Å²) in [7, 11) is 0. The molecule has 1 aliphatic rings. The lowest BCUT2D eigenvalue weighted by molar-refractivity contribution is 0.738. The maximum atomic E-state index is 4.31. The third-order valence-electron chi connectivity index (χ3n) is 1.38. The molecule has 0 saturated carbocycles. The molecule has 0 bridgehead atoms. The van der Waals surface area contributed by atoms with Crippen LogP contribution in [0.25, 0.3) is 0 Å². The molecule has 8 heavy (non-hydrogen) atoms. The molecule has 2 heteroatoms. The lowest BCUT2D eigenvalue weighted by Gasteiger charge is -2.14. The third kappa shape index (κ3) is 1.46. The fourth-order valence-electron chi connectivity index (χ4n) is 0.845. The van der Waals surface area contributed by atoms with Crippen LogP contribution in [0.15, 0.2) is 11.0 Å². The van der Waals surface area contributed by atoms with Crippen molar-refractivity contribution < 1.29 is 0 Å². The zero-order valence-electron chi connectivity index (χ0n) is 4.67. The normalized spacial score (nSPS) is 29.8. The number of hydrogen-bond acceptors (Lipinski definition) is 2. The van der Waals surface area contributed by atoms with E-state index in [1.54, 1.807) is 0 Å². The van der Waals surface area contributed by atoms with Gasteiger partial charge < -0.3 is 0 Å². The van der Waals surface area contributed by atoms with Crippen molar-refractivity contribution >= 4 is 25.3 Å². The predicted molar refractivity (Wildman–Crippen MR) is 43.7 cm³/mol. The van der Waals surface area contributed by atoms with Crippen LogP contribution in [-0.2, 0) is 0 Å². The highest BCUT2D eigenvalue weighted by atomic mass is 32.1. The molecule has 1 unspecified atom stereocenters. The summed E-state index contributed by atoms with van der Waals surface area (Å²) in [6.07, 6.45) is 5.82. The molecule has 0 spiro atoms. The van der Waals surface area contributed by atoms with E-state index in [-0.39, 0.29) is 0 Å². The highest BCUT2D eigenvalue weighted by Gasteiger charge is 2.08. The minimum Gasteiger partial charge on any atom is -0.171 e. The molecule has 0 fully saturated rings. The Morgan fingerprint density at radius 3 is 2.75 bits per heavy atom. The monoisotopic (exact) mass is 146 g/mol. The van der Waals surface area contributed by atoms with Crippen LogP contribution in [0.4, 0.5) is 0 Å². The van der Waals surface area contributed by atoms with Gasteiger partial charge >= 0.3 is 0 Å². The topological polar surface area (TPSA) is 0 Å². The SMILES string of the molecule is SC1=CCCCC1S. The molecule has 0 amide bonds. The molecule has 0 aromatic carbocycles. The zero-order valence-corrected chi connectivity index (χ0v) is 6.46. The van der Waals surface area contributed by atoms with Gasteiger partial charge in [0.1, 0.15) is 0 Å². The van der Waals surface area contributed by atoms with Gasteiger partial charge in [0.2, 0.25) is 0 Å². The fourth-order valence-corrected chi connectivity index (χ4v) is 1.39. The lowest BCUT2D eigenvalue weighted by Crippen LogP contribution is -2.02. The maximum absolute atomic E-state index is 4.31. The van der Waals surface area contributed by atoms with Crippen LogP contribution in [0.2, 0.25) is 0 Å². The van der Waals surface area contributed by atoms with Gasteiger partial charge in [-0.3, -0.25) is 0 Å². The molecule has 0 heterocycles. The van der Waals surface area contributed by atoms with Crippen LogP contribution >= 0.6 is 25.3 Å². The van der Waals surface area contributed by atoms with Gasteiger partial charge in [-0.2, -0.15) is 12.6 Å². The van der Waals surface area contributed by atoms with Crippen molar-refractivity contribution in [3.05, 3.63) is 11.0 Å². The summed E-state index contributed by atoms with van der Waals surface area (Å²) in [6, 6.07) is 0. The Morgan fingerprint density at radius 2 is 2.38 bits per heavy atom. The molecule has 1 atom stereocenters. The average molecular weight is 146 g/mol. The molecular weight excluding hydrogens is 136 g/mol. The quantitative estimate of drug-likeness (QED) is 0.481. The Morgan fingerprint density at radius 1 is 1.62 bits per heavy atom. The van der Waals surface area contributed by atoms with E-state index in [0.717, 1.165) is 4.91 Å². The Balaban J connectivity index is 2.53. The second-order valence-corrected chi connectivity index (χ2v) is 3.22. The molecule has 1 aliphatic carbocycles. The van der Waals surface area contributed by atoms with E-state index in [2.05, 4.69) is 31.3 Å². The summed E-state index contributed by atoms with van der Waals surface area (Å²) in [5.74, 6) is 0. The number of hydrogen-bond donors (Lipinski definition) is 2. The Labute approximate surface area is 61.2 Å². The standard InChI is InChI=1S/C6H10S2/c7-5-3-1-2-4-6(5)8/h3,6-8H,1-2,4H2. The minimum atomic E-state index is 0.423. The van der Waals surface area contributed by atoms with Gasteiger partial charge in [0.05, 0.1) is 0 Å². The van der Waals surface area contributed by atoms with Crippen molar-refractivity contribution in [2.75, 3.05) is 0 Å². The summed E-state index contributed by atoms with van der Waals surface area (Å²) in [6.45, 7) is 0. The Kier molecular flexibility index (Phi) is 2.32. The molecule has 0 saturated heterocycles. The third-order valence-corrected chi connectivity index (χ3v) is 2.61. The number of thiol groups is 2. The van der Waals surface area contributed by atoms with Crippen LogP contribution in [0.1, 0.15) is 19.3 Å². The van der Waals surface area contributed by atoms with Gasteiger partial charge in [-0.25, -0.2) is 0 Å². The average Bonchev–Trinajstić information content (AvgIpc) is 1.77. The van der Waals surface area contributed by atoms with Gasteiger partial charge in [0.25, 0.3) is 0 Å². The van der Waals surface area contributed by atoms with E-state index >= 15 is 0 Å². The van der Waals surface area contributed by atoms with E-state index in [1.165, 1.54) is 19.3 Å². The van der Waals surface area contributed by atoms with Crippen molar-refractivity contribution in [1.29, 1.82) is 0 Å². The van der Waals surface area contributed by atoms with E-state index in [9.17, 15) is 0 Å². The van der Waals surface area contributed by atoms with Crippen molar-refractivity contribution in [2.45, 2.75) is 24.5 Å². The van der Waals surface area contributed by atoms with Gasteiger partial charge in [-0.05, 0) is 24.2 Å². The molecule has 0 aliphatic heterocycles. The highest BCUT2D eigenvalue weighted by Crippen LogP contribution is 2.24. The first-order chi connectivity index (χ1) is 3.80. The molecule has 0 aromatic rings. The van der Waals surface area contributed by atoms with Crippen LogP contribution in [0.3, 0.4) is 0 Å². The summed E-state index contributed by atoms with van der Waals surface area (Å²) < 4.78 is 0. The van der Waals surface area contributed by atoms with Gasteiger partial charge in [-0.1, -0.05) is 6.08 Å².